The number of ether oxygens (including phenoxy) is 1. The molecule has 2 N–H and O–H groups in total. The van der Waals surface area contributed by atoms with E-state index in [1.54, 1.807) is 6.07 Å². The van der Waals surface area contributed by atoms with E-state index in [0.29, 0.717) is 12.2 Å². The highest BCUT2D eigenvalue weighted by Crippen LogP contribution is 2.30. The molecule has 0 amide bonds. The van der Waals surface area contributed by atoms with Crippen molar-refractivity contribution in [2.75, 3.05) is 13.2 Å². The third kappa shape index (κ3) is 5.61. The maximum absolute atomic E-state index is 12.6. The number of alkyl halides is 3. The van der Waals surface area contributed by atoms with E-state index < -0.39 is 17.8 Å². The number of hydrogen-bond donors (Lipinski definition) is 1. The predicted molar refractivity (Wildman–Crippen MR) is 68.7 cm³/mol. The Morgan fingerprint density at radius 2 is 2.00 bits per heavy atom. The summed E-state index contributed by atoms with van der Waals surface area (Å²) in [5.41, 5.74) is 5.60. The Balaban J connectivity index is 2.50. The molecule has 1 aromatic rings. The molecule has 0 heterocycles. The minimum absolute atomic E-state index is 0.241. The molecular formula is C14H20F3NO. The Bertz CT molecular complexity index is 379. The lowest BCUT2D eigenvalue weighted by molar-refractivity contribution is -0.137. The van der Waals surface area contributed by atoms with Crippen LogP contribution in [0.2, 0.25) is 0 Å². The predicted octanol–water partition coefficient (Wildman–Crippen LogP) is 3.91. The molecule has 0 bridgehead atoms. The minimum atomic E-state index is -4.34. The molecule has 0 radical (unpaired) electrons. The van der Waals surface area contributed by atoms with Gasteiger partial charge in [0.2, 0.25) is 0 Å². The van der Waals surface area contributed by atoms with E-state index in [4.69, 9.17) is 10.5 Å². The maximum atomic E-state index is 12.6. The summed E-state index contributed by atoms with van der Waals surface area (Å²) < 4.78 is 43.0. The molecule has 1 unspecified atom stereocenters. The van der Waals surface area contributed by atoms with Crippen molar-refractivity contribution in [1.29, 1.82) is 0 Å². The Morgan fingerprint density at radius 1 is 1.26 bits per heavy atom. The molecule has 0 aliphatic heterocycles. The summed E-state index contributed by atoms with van der Waals surface area (Å²) in [6.07, 6.45) is -1.20. The molecule has 19 heavy (non-hydrogen) atoms. The average Bonchev–Trinajstić information content (AvgIpc) is 2.37. The number of rotatable bonds is 7. The molecule has 5 heteroatoms. The Kier molecular flexibility index (Phi) is 6.31. The van der Waals surface area contributed by atoms with E-state index >= 15 is 0 Å². The van der Waals surface area contributed by atoms with Gasteiger partial charge in [0.1, 0.15) is 0 Å². The van der Waals surface area contributed by atoms with Crippen molar-refractivity contribution in [3.8, 4) is 0 Å². The standard InChI is InChI=1S/C14H20F3NO/c1-2-3-4-8-19-10-13(18)11-6-5-7-12(9-11)14(15,16)17/h5-7,9,13H,2-4,8,10,18H2,1H3. The van der Waals surface area contributed by atoms with Gasteiger partial charge in [0.15, 0.2) is 0 Å². The number of unbranched alkanes of at least 4 members (excludes halogenated alkanes) is 2. The lowest BCUT2D eigenvalue weighted by atomic mass is 10.0. The summed E-state index contributed by atoms with van der Waals surface area (Å²) in [7, 11) is 0. The second kappa shape index (κ2) is 7.50. The van der Waals surface area contributed by atoms with Crippen molar-refractivity contribution in [3.63, 3.8) is 0 Å². The van der Waals surface area contributed by atoms with Crippen LogP contribution < -0.4 is 5.73 Å². The van der Waals surface area contributed by atoms with Gasteiger partial charge in [0, 0.05) is 6.61 Å². The molecular weight excluding hydrogens is 255 g/mol. The lowest BCUT2D eigenvalue weighted by Crippen LogP contribution is -2.18. The molecule has 0 aliphatic rings. The highest BCUT2D eigenvalue weighted by molar-refractivity contribution is 5.27. The van der Waals surface area contributed by atoms with Crippen LogP contribution in [0.25, 0.3) is 0 Å². The summed E-state index contributed by atoms with van der Waals surface area (Å²) in [6.45, 7) is 2.93. The van der Waals surface area contributed by atoms with Crippen LogP contribution in [0, 0.1) is 0 Å². The molecule has 0 saturated heterocycles. The summed E-state index contributed by atoms with van der Waals surface area (Å²) in [6, 6.07) is 4.56. The van der Waals surface area contributed by atoms with Gasteiger partial charge in [0.05, 0.1) is 18.2 Å². The van der Waals surface area contributed by atoms with Gasteiger partial charge < -0.3 is 10.5 Å². The quantitative estimate of drug-likeness (QED) is 0.766. The van der Waals surface area contributed by atoms with Crippen LogP contribution in [0.3, 0.4) is 0 Å². The van der Waals surface area contributed by atoms with Gasteiger partial charge in [-0.1, -0.05) is 31.9 Å². The fourth-order valence-corrected chi connectivity index (χ4v) is 1.71. The maximum Gasteiger partial charge on any atom is 0.416 e. The molecule has 2 nitrogen and oxygen atoms in total. The number of halogens is 3. The molecule has 0 aliphatic carbocycles. The SMILES string of the molecule is CCCCCOCC(N)c1cccc(C(F)(F)F)c1. The fraction of sp³-hybridized carbons (Fsp3) is 0.571. The van der Waals surface area contributed by atoms with Crippen LogP contribution in [-0.2, 0) is 10.9 Å². The molecule has 1 atom stereocenters. The van der Waals surface area contributed by atoms with Crippen molar-refractivity contribution >= 4 is 0 Å². The average molecular weight is 275 g/mol. The first-order valence-corrected chi connectivity index (χ1v) is 6.45. The van der Waals surface area contributed by atoms with Crippen LogP contribution in [0.5, 0.6) is 0 Å². The van der Waals surface area contributed by atoms with Gasteiger partial charge in [-0.05, 0) is 24.1 Å². The van der Waals surface area contributed by atoms with Crippen LogP contribution in [0.4, 0.5) is 13.2 Å². The number of nitrogens with two attached hydrogens (primary N) is 1. The van der Waals surface area contributed by atoms with Gasteiger partial charge in [-0.15, -0.1) is 0 Å². The summed E-state index contributed by atoms with van der Waals surface area (Å²) in [4.78, 5) is 0. The monoisotopic (exact) mass is 275 g/mol. The third-order valence-corrected chi connectivity index (χ3v) is 2.83. The highest BCUT2D eigenvalue weighted by atomic mass is 19.4. The lowest BCUT2D eigenvalue weighted by Gasteiger charge is -2.14. The van der Waals surface area contributed by atoms with Crippen molar-refractivity contribution < 1.29 is 17.9 Å². The van der Waals surface area contributed by atoms with Crippen molar-refractivity contribution in [2.24, 2.45) is 5.73 Å². The molecule has 0 fully saturated rings. The zero-order valence-corrected chi connectivity index (χ0v) is 11.0. The Labute approximate surface area is 111 Å². The molecule has 0 aromatic heterocycles. The fourth-order valence-electron chi connectivity index (χ4n) is 1.71. The smallest absolute Gasteiger partial charge is 0.379 e. The second-order valence-electron chi connectivity index (χ2n) is 4.51. The van der Waals surface area contributed by atoms with Gasteiger partial charge in [0.25, 0.3) is 0 Å². The normalized spacial score (nSPS) is 13.5. The topological polar surface area (TPSA) is 35.2 Å². The first-order chi connectivity index (χ1) is 8.95. The van der Waals surface area contributed by atoms with Crippen molar-refractivity contribution in [3.05, 3.63) is 35.4 Å². The summed E-state index contributed by atoms with van der Waals surface area (Å²) in [5, 5.41) is 0. The highest BCUT2D eigenvalue weighted by Gasteiger charge is 2.30. The minimum Gasteiger partial charge on any atom is -0.379 e. The van der Waals surface area contributed by atoms with Crippen LogP contribution >= 0.6 is 0 Å². The van der Waals surface area contributed by atoms with Crippen molar-refractivity contribution in [2.45, 2.75) is 38.4 Å². The first-order valence-electron chi connectivity index (χ1n) is 6.45. The van der Waals surface area contributed by atoms with Gasteiger partial charge >= 0.3 is 6.18 Å². The zero-order valence-electron chi connectivity index (χ0n) is 11.0. The zero-order chi connectivity index (χ0) is 14.3. The van der Waals surface area contributed by atoms with E-state index in [-0.39, 0.29) is 6.61 Å². The third-order valence-electron chi connectivity index (χ3n) is 2.83. The number of benzene rings is 1. The summed E-state index contributed by atoms with van der Waals surface area (Å²) >= 11 is 0. The van der Waals surface area contributed by atoms with Gasteiger partial charge in [-0.3, -0.25) is 0 Å². The molecule has 1 aromatic carbocycles. The van der Waals surface area contributed by atoms with E-state index in [9.17, 15) is 13.2 Å². The van der Waals surface area contributed by atoms with Gasteiger partial charge in [-0.2, -0.15) is 13.2 Å². The van der Waals surface area contributed by atoms with Crippen LogP contribution in [-0.4, -0.2) is 13.2 Å². The Hall–Kier alpha value is -1.07. The van der Waals surface area contributed by atoms with Crippen molar-refractivity contribution in [1.82, 2.24) is 0 Å². The van der Waals surface area contributed by atoms with E-state index in [2.05, 4.69) is 6.92 Å². The first kappa shape index (κ1) is 16.0. The largest absolute Gasteiger partial charge is 0.416 e. The van der Waals surface area contributed by atoms with Crippen LogP contribution in [0.1, 0.15) is 43.4 Å². The van der Waals surface area contributed by atoms with E-state index in [1.807, 2.05) is 0 Å². The molecule has 0 saturated carbocycles. The number of hydrogen-bond acceptors (Lipinski definition) is 2. The second-order valence-corrected chi connectivity index (χ2v) is 4.51. The Morgan fingerprint density at radius 3 is 2.63 bits per heavy atom. The van der Waals surface area contributed by atoms with E-state index in [1.165, 1.54) is 6.07 Å². The molecule has 1 rings (SSSR count). The van der Waals surface area contributed by atoms with Gasteiger partial charge in [-0.25, -0.2) is 0 Å². The molecule has 0 spiro atoms. The molecule has 108 valence electrons. The van der Waals surface area contributed by atoms with Crippen LogP contribution in [0.15, 0.2) is 24.3 Å². The summed E-state index contributed by atoms with van der Waals surface area (Å²) in [5.74, 6) is 0. The van der Waals surface area contributed by atoms with E-state index in [0.717, 1.165) is 31.4 Å².